The van der Waals surface area contributed by atoms with Crippen LogP contribution >= 0.6 is 11.6 Å². The van der Waals surface area contributed by atoms with Gasteiger partial charge in [0, 0.05) is 24.2 Å². The molecule has 0 aromatic heterocycles. The van der Waals surface area contributed by atoms with Crippen LogP contribution in [0.4, 0.5) is 11.4 Å². The SMILES string of the molecule is COC1=C(OC)C(OC)C(C)C(C(=O)NC(N)=Nc2ccc(Cl)c(NC(=O)c3ccc(-c4ccccc4)cc3)c2)=C1. The maximum atomic E-state index is 13.1. The summed E-state index contributed by atoms with van der Waals surface area (Å²) in [5.41, 5.74) is 9.69. The molecule has 10 heteroatoms. The Hall–Kier alpha value is -4.60. The van der Waals surface area contributed by atoms with E-state index < -0.39 is 12.0 Å². The van der Waals surface area contributed by atoms with Crippen molar-refractivity contribution in [2.24, 2.45) is 16.6 Å². The van der Waals surface area contributed by atoms with E-state index in [0.717, 1.165) is 11.1 Å². The van der Waals surface area contributed by atoms with Crippen molar-refractivity contribution in [3.8, 4) is 11.1 Å². The predicted molar refractivity (Wildman–Crippen MR) is 160 cm³/mol. The van der Waals surface area contributed by atoms with Crippen molar-refractivity contribution in [1.82, 2.24) is 5.32 Å². The van der Waals surface area contributed by atoms with Gasteiger partial charge in [-0.25, -0.2) is 4.99 Å². The van der Waals surface area contributed by atoms with Crippen LogP contribution in [0.2, 0.25) is 5.02 Å². The zero-order chi connectivity index (χ0) is 29.5. The summed E-state index contributed by atoms with van der Waals surface area (Å²) in [5.74, 6) is -0.423. The van der Waals surface area contributed by atoms with E-state index in [-0.39, 0.29) is 17.8 Å². The number of ether oxygens (including phenoxy) is 3. The third kappa shape index (κ3) is 6.77. The Morgan fingerprint density at radius 2 is 1.59 bits per heavy atom. The minimum Gasteiger partial charge on any atom is -0.494 e. The fraction of sp³-hybridized carbons (Fsp3) is 0.194. The van der Waals surface area contributed by atoms with Crippen LogP contribution in [-0.2, 0) is 19.0 Å². The van der Waals surface area contributed by atoms with E-state index in [2.05, 4.69) is 15.6 Å². The Bertz CT molecular complexity index is 1520. The van der Waals surface area contributed by atoms with Crippen LogP contribution in [0.1, 0.15) is 17.3 Å². The molecule has 3 aromatic rings. The summed E-state index contributed by atoms with van der Waals surface area (Å²) in [6.07, 6.45) is 1.07. The summed E-state index contributed by atoms with van der Waals surface area (Å²) in [6.45, 7) is 1.84. The number of methoxy groups -OCH3 is 3. The van der Waals surface area contributed by atoms with Gasteiger partial charge in [0.2, 0.25) is 5.96 Å². The number of carbonyl (C=O) groups is 2. The fourth-order valence-electron chi connectivity index (χ4n) is 4.51. The molecule has 0 fully saturated rings. The van der Waals surface area contributed by atoms with Crippen LogP contribution < -0.4 is 16.4 Å². The highest BCUT2D eigenvalue weighted by atomic mass is 35.5. The van der Waals surface area contributed by atoms with Crippen LogP contribution in [0.3, 0.4) is 0 Å². The number of benzene rings is 3. The predicted octanol–water partition coefficient (Wildman–Crippen LogP) is 5.42. The molecular formula is C31H31ClN4O5. The van der Waals surface area contributed by atoms with E-state index in [1.807, 2.05) is 49.4 Å². The fourth-order valence-corrected chi connectivity index (χ4v) is 4.67. The first-order valence-corrected chi connectivity index (χ1v) is 13.1. The molecule has 9 nitrogen and oxygen atoms in total. The largest absolute Gasteiger partial charge is 0.494 e. The molecule has 0 heterocycles. The van der Waals surface area contributed by atoms with Gasteiger partial charge in [0.25, 0.3) is 11.8 Å². The lowest BCUT2D eigenvalue weighted by Gasteiger charge is -2.30. The van der Waals surface area contributed by atoms with Gasteiger partial charge in [-0.3, -0.25) is 14.9 Å². The Kier molecular flexibility index (Phi) is 9.44. The first-order chi connectivity index (χ1) is 19.7. The van der Waals surface area contributed by atoms with Crippen molar-refractivity contribution in [2.45, 2.75) is 13.0 Å². The number of allylic oxidation sites excluding steroid dienone is 1. The normalized spacial score (nSPS) is 17.0. The smallest absolute Gasteiger partial charge is 0.255 e. The molecular weight excluding hydrogens is 544 g/mol. The molecule has 0 aliphatic heterocycles. The monoisotopic (exact) mass is 574 g/mol. The van der Waals surface area contributed by atoms with Gasteiger partial charge in [-0.05, 0) is 47.5 Å². The van der Waals surface area contributed by atoms with Gasteiger partial charge in [-0.1, -0.05) is 61.0 Å². The van der Waals surface area contributed by atoms with Gasteiger partial charge in [-0.15, -0.1) is 0 Å². The van der Waals surface area contributed by atoms with Crippen LogP contribution in [-0.4, -0.2) is 45.2 Å². The maximum absolute atomic E-state index is 13.1. The second-order valence-electron chi connectivity index (χ2n) is 9.19. The van der Waals surface area contributed by atoms with Gasteiger partial charge < -0.3 is 25.3 Å². The van der Waals surface area contributed by atoms with Crippen molar-refractivity contribution < 1.29 is 23.8 Å². The molecule has 4 N–H and O–H groups in total. The summed E-state index contributed by atoms with van der Waals surface area (Å²) in [5, 5.41) is 5.72. The lowest BCUT2D eigenvalue weighted by atomic mass is 9.88. The van der Waals surface area contributed by atoms with Crippen molar-refractivity contribution in [3.63, 3.8) is 0 Å². The first-order valence-electron chi connectivity index (χ1n) is 12.7. The molecule has 3 aromatic carbocycles. The summed E-state index contributed by atoms with van der Waals surface area (Å²) in [7, 11) is 4.53. The molecule has 2 unspecified atom stereocenters. The third-order valence-corrected chi connectivity index (χ3v) is 6.96. The second-order valence-corrected chi connectivity index (χ2v) is 9.60. The van der Waals surface area contributed by atoms with E-state index >= 15 is 0 Å². The Morgan fingerprint density at radius 1 is 0.902 bits per heavy atom. The Balaban J connectivity index is 1.47. The van der Waals surface area contributed by atoms with Crippen molar-refractivity contribution in [1.29, 1.82) is 0 Å². The number of guanidine groups is 1. The van der Waals surface area contributed by atoms with Gasteiger partial charge >= 0.3 is 0 Å². The van der Waals surface area contributed by atoms with E-state index in [4.69, 9.17) is 31.5 Å². The van der Waals surface area contributed by atoms with Crippen molar-refractivity contribution in [2.75, 3.05) is 26.6 Å². The summed E-state index contributed by atoms with van der Waals surface area (Å²) >= 11 is 6.34. The zero-order valence-electron chi connectivity index (χ0n) is 23.1. The van der Waals surface area contributed by atoms with Crippen LogP contribution in [0.25, 0.3) is 11.1 Å². The third-order valence-electron chi connectivity index (χ3n) is 6.63. The minimum atomic E-state index is -0.518. The molecule has 0 radical (unpaired) electrons. The quantitative estimate of drug-likeness (QED) is 0.244. The van der Waals surface area contributed by atoms with Crippen LogP contribution in [0.5, 0.6) is 0 Å². The molecule has 41 heavy (non-hydrogen) atoms. The molecule has 212 valence electrons. The van der Waals surface area contributed by atoms with Gasteiger partial charge in [0.15, 0.2) is 11.5 Å². The summed E-state index contributed by atoms with van der Waals surface area (Å²) < 4.78 is 16.3. The second kappa shape index (κ2) is 13.2. The standard InChI is InChI=1S/C31H31ClN4O5/c1-18-23(17-26(39-2)28(41-4)27(18)40-3)30(38)36-31(33)34-22-14-15-24(32)25(16-22)35-29(37)21-12-10-20(11-13-21)19-8-6-5-7-9-19/h5-18,27H,1-4H3,(H,35,37)(H3,33,34,36,38). The molecule has 0 saturated carbocycles. The number of hydrogen-bond donors (Lipinski definition) is 3. The van der Waals surface area contributed by atoms with E-state index in [0.29, 0.717) is 39.1 Å². The van der Waals surface area contributed by atoms with Crippen molar-refractivity contribution in [3.05, 3.63) is 107 Å². The Labute approximate surface area is 243 Å². The number of rotatable bonds is 8. The van der Waals surface area contributed by atoms with E-state index in [9.17, 15) is 9.59 Å². The first kappa shape index (κ1) is 29.4. The average molecular weight is 575 g/mol. The highest BCUT2D eigenvalue weighted by Crippen LogP contribution is 2.33. The topological polar surface area (TPSA) is 124 Å². The Morgan fingerprint density at radius 3 is 2.22 bits per heavy atom. The molecule has 0 saturated heterocycles. The highest BCUT2D eigenvalue weighted by Gasteiger charge is 2.35. The number of aliphatic imine (C=N–C) groups is 1. The van der Waals surface area contributed by atoms with E-state index in [1.54, 1.807) is 36.4 Å². The number of nitrogens with one attached hydrogen (secondary N) is 2. The minimum absolute atomic E-state index is 0.145. The number of hydrogen-bond acceptors (Lipinski definition) is 6. The highest BCUT2D eigenvalue weighted by molar-refractivity contribution is 6.34. The molecule has 1 aliphatic rings. The average Bonchev–Trinajstić information content (AvgIpc) is 2.98. The van der Waals surface area contributed by atoms with E-state index in [1.165, 1.54) is 21.3 Å². The van der Waals surface area contributed by atoms with Gasteiger partial charge in [0.1, 0.15) is 6.10 Å². The molecule has 1 aliphatic carbocycles. The number of nitrogens with two attached hydrogens (primary N) is 1. The molecule has 2 atom stereocenters. The lowest BCUT2D eigenvalue weighted by molar-refractivity contribution is -0.117. The number of anilines is 1. The van der Waals surface area contributed by atoms with Crippen LogP contribution in [0, 0.1) is 5.92 Å². The summed E-state index contributed by atoms with van der Waals surface area (Å²) in [6, 6.07) is 21.9. The molecule has 4 rings (SSSR count). The van der Waals surface area contributed by atoms with Crippen LogP contribution in [0.15, 0.2) is 101 Å². The lowest BCUT2D eigenvalue weighted by Crippen LogP contribution is -2.41. The zero-order valence-corrected chi connectivity index (χ0v) is 23.9. The number of amides is 2. The van der Waals surface area contributed by atoms with Crippen molar-refractivity contribution >= 4 is 40.7 Å². The molecule has 2 amide bonds. The van der Waals surface area contributed by atoms with Gasteiger partial charge in [0.05, 0.1) is 30.6 Å². The number of nitrogens with zero attached hydrogens (tertiary/aromatic N) is 1. The molecule has 0 spiro atoms. The number of halogens is 1. The molecule has 0 bridgehead atoms. The maximum Gasteiger partial charge on any atom is 0.255 e. The summed E-state index contributed by atoms with van der Waals surface area (Å²) in [4.78, 5) is 30.3. The van der Waals surface area contributed by atoms with Gasteiger partial charge in [-0.2, -0.15) is 0 Å². The number of carbonyl (C=O) groups excluding carboxylic acids is 2.